The fraction of sp³-hybridized carbons (Fsp3) is 0.750. The van der Waals surface area contributed by atoms with Gasteiger partial charge in [-0.25, -0.2) is 0 Å². The van der Waals surface area contributed by atoms with Gasteiger partial charge in [0.2, 0.25) is 0 Å². The summed E-state index contributed by atoms with van der Waals surface area (Å²) in [6.45, 7) is 3.59. The molecule has 16 heavy (non-hydrogen) atoms. The van der Waals surface area contributed by atoms with Crippen molar-refractivity contribution in [1.29, 1.82) is 0 Å². The van der Waals surface area contributed by atoms with Gasteiger partial charge >= 0.3 is 12.0 Å². The van der Waals surface area contributed by atoms with E-state index in [0.29, 0.717) is 19.8 Å². The number of hydrogen-bond donors (Lipinski definition) is 0. The SMILES string of the molecule is CCCOC[C@H]1Cn2nc([N+](=O)[O-])nc2O1. The van der Waals surface area contributed by atoms with Gasteiger partial charge in [0, 0.05) is 11.7 Å². The van der Waals surface area contributed by atoms with Crippen LogP contribution < -0.4 is 4.74 Å². The van der Waals surface area contributed by atoms with Crippen LogP contribution in [0.5, 0.6) is 6.01 Å². The molecule has 0 fully saturated rings. The predicted molar refractivity (Wildman–Crippen MR) is 52.2 cm³/mol. The number of fused-ring (bicyclic) bond motifs is 1. The van der Waals surface area contributed by atoms with Gasteiger partial charge in [-0.15, -0.1) is 4.68 Å². The molecule has 0 saturated heterocycles. The van der Waals surface area contributed by atoms with Crippen molar-refractivity contribution in [1.82, 2.24) is 14.8 Å². The Morgan fingerprint density at radius 1 is 1.75 bits per heavy atom. The van der Waals surface area contributed by atoms with Gasteiger partial charge in [-0.1, -0.05) is 6.92 Å². The molecule has 8 heteroatoms. The second-order valence-electron chi connectivity index (χ2n) is 3.45. The molecule has 0 bridgehead atoms. The van der Waals surface area contributed by atoms with Crippen LogP contribution >= 0.6 is 0 Å². The Morgan fingerprint density at radius 2 is 2.56 bits per heavy atom. The highest BCUT2D eigenvalue weighted by Gasteiger charge is 2.33. The lowest BCUT2D eigenvalue weighted by Crippen LogP contribution is -2.22. The van der Waals surface area contributed by atoms with Crippen LogP contribution in [0.4, 0.5) is 5.95 Å². The van der Waals surface area contributed by atoms with Crippen LogP contribution in [-0.4, -0.2) is 39.0 Å². The molecule has 8 nitrogen and oxygen atoms in total. The van der Waals surface area contributed by atoms with Gasteiger partial charge in [0.1, 0.15) is 12.6 Å². The van der Waals surface area contributed by atoms with Crippen molar-refractivity contribution in [3.8, 4) is 6.01 Å². The smallest absolute Gasteiger partial charge is 0.443 e. The zero-order valence-electron chi connectivity index (χ0n) is 8.83. The van der Waals surface area contributed by atoms with E-state index in [1.807, 2.05) is 6.92 Å². The van der Waals surface area contributed by atoms with E-state index in [9.17, 15) is 10.1 Å². The predicted octanol–water partition coefficient (Wildman–Crippen LogP) is 0.374. The fourth-order valence-corrected chi connectivity index (χ4v) is 1.42. The van der Waals surface area contributed by atoms with E-state index >= 15 is 0 Å². The molecule has 0 radical (unpaired) electrons. The fourth-order valence-electron chi connectivity index (χ4n) is 1.42. The standard InChI is InChI=1S/C8H12N4O4/c1-2-3-15-5-6-4-11-8(16-6)9-7(10-11)12(13)14/h6H,2-5H2,1H3/t6-/m1/s1. The van der Waals surface area contributed by atoms with E-state index in [-0.39, 0.29) is 12.1 Å². The average Bonchev–Trinajstić information content (AvgIpc) is 2.75. The molecule has 1 aliphatic heterocycles. The quantitative estimate of drug-likeness (QED) is 0.410. The summed E-state index contributed by atoms with van der Waals surface area (Å²) in [5, 5.41) is 14.1. The minimum atomic E-state index is -0.642. The van der Waals surface area contributed by atoms with Crippen molar-refractivity contribution in [2.24, 2.45) is 0 Å². The summed E-state index contributed by atoms with van der Waals surface area (Å²) < 4.78 is 12.0. The summed E-state index contributed by atoms with van der Waals surface area (Å²) in [4.78, 5) is 13.4. The van der Waals surface area contributed by atoms with Crippen LogP contribution in [-0.2, 0) is 11.3 Å². The first-order chi connectivity index (χ1) is 7.70. The molecule has 0 unspecified atom stereocenters. The van der Waals surface area contributed by atoms with Crippen molar-refractivity contribution in [2.75, 3.05) is 13.2 Å². The molecular formula is C8H12N4O4. The molecule has 0 saturated carbocycles. The number of hydrogen-bond acceptors (Lipinski definition) is 6. The zero-order valence-corrected chi connectivity index (χ0v) is 8.83. The van der Waals surface area contributed by atoms with E-state index in [1.54, 1.807) is 0 Å². The summed E-state index contributed by atoms with van der Waals surface area (Å²) in [5.41, 5.74) is 0. The van der Waals surface area contributed by atoms with E-state index in [2.05, 4.69) is 10.1 Å². The van der Waals surface area contributed by atoms with E-state index in [0.717, 1.165) is 6.42 Å². The molecule has 1 aromatic heterocycles. The highest BCUT2D eigenvalue weighted by molar-refractivity contribution is 5.11. The Labute approximate surface area is 91.3 Å². The van der Waals surface area contributed by atoms with Crippen LogP contribution in [0.3, 0.4) is 0 Å². The highest BCUT2D eigenvalue weighted by atomic mass is 16.6. The zero-order chi connectivity index (χ0) is 11.5. The summed E-state index contributed by atoms with van der Waals surface area (Å²) in [5.74, 6) is -0.428. The third-order valence-corrected chi connectivity index (χ3v) is 2.09. The van der Waals surface area contributed by atoms with Crippen LogP contribution in [0, 0.1) is 10.1 Å². The molecule has 0 spiro atoms. The van der Waals surface area contributed by atoms with E-state index < -0.39 is 10.9 Å². The van der Waals surface area contributed by atoms with Gasteiger partial charge in [-0.05, 0) is 16.3 Å². The number of aromatic nitrogens is 3. The first-order valence-corrected chi connectivity index (χ1v) is 5.04. The largest absolute Gasteiger partial charge is 0.494 e. The third-order valence-electron chi connectivity index (χ3n) is 2.09. The van der Waals surface area contributed by atoms with Gasteiger partial charge < -0.3 is 19.6 Å². The van der Waals surface area contributed by atoms with E-state index in [4.69, 9.17) is 9.47 Å². The van der Waals surface area contributed by atoms with Crippen LogP contribution in [0.2, 0.25) is 0 Å². The first-order valence-electron chi connectivity index (χ1n) is 5.04. The van der Waals surface area contributed by atoms with Crippen LogP contribution in [0.1, 0.15) is 13.3 Å². The molecule has 1 aromatic rings. The topological polar surface area (TPSA) is 92.3 Å². The molecule has 1 atom stereocenters. The number of rotatable bonds is 5. The Morgan fingerprint density at radius 3 is 3.19 bits per heavy atom. The van der Waals surface area contributed by atoms with Crippen molar-refractivity contribution in [3.63, 3.8) is 0 Å². The normalized spacial score (nSPS) is 18.2. The summed E-state index contributed by atoms with van der Waals surface area (Å²) >= 11 is 0. The number of ether oxygens (including phenoxy) is 2. The van der Waals surface area contributed by atoms with Gasteiger partial charge in [0.05, 0.1) is 6.61 Å². The second-order valence-corrected chi connectivity index (χ2v) is 3.45. The lowest BCUT2D eigenvalue weighted by atomic mass is 10.4. The second kappa shape index (κ2) is 4.44. The van der Waals surface area contributed by atoms with Crippen LogP contribution in [0.25, 0.3) is 0 Å². The molecule has 0 N–H and O–H groups in total. The van der Waals surface area contributed by atoms with Gasteiger partial charge in [0.25, 0.3) is 0 Å². The van der Waals surface area contributed by atoms with Gasteiger partial charge in [-0.2, -0.15) is 0 Å². The monoisotopic (exact) mass is 228 g/mol. The summed E-state index contributed by atoms with van der Waals surface area (Å²) in [6, 6.07) is 0.191. The average molecular weight is 228 g/mol. The molecular weight excluding hydrogens is 216 g/mol. The minimum absolute atomic E-state index is 0.151. The van der Waals surface area contributed by atoms with Crippen molar-refractivity contribution >= 4 is 5.95 Å². The minimum Gasteiger partial charge on any atom is -0.443 e. The van der Waals surface area contributed by atoms with E-state index in [1.165, 1.54) is 4.68 Å². The molecule has 2 rings (SSSR count). The lowest BCUT2D eigenvalue weighted by Gasteiger charge is -2.07. The molecule has 88 valence electrons. The van der Waals surface area contributed by atoms with Gasteiger partial charge in [-0.3, -0.25) is 0 Å². The molecule has 2 heterocycles. The number of nitrogens with zero attached hydrogens (tertiary/aromatic N) is 4. The molecule has 1 aliphatic rings. The van der Waals surface area contributed by atoms with Crippen molar-refractivity contribution < 1.29 is 14.4 Å². The molecule has 0 aromatic carbocycles. The Balaban J connectivity index is 1.90. The Kier molecular flexibility index (Phi) is 3.00. The summed E-state index contributed by atoms with van der Waals surface area (Å²) in [6.07, 6.45) is 0.795. The molecule has 0 aliphatic carbocycles. The van der Waals surface area contributed by atoms with Crippen LogP contribution in [0.15, 0.2) is 0 Å². The van der Waals surface area contributed by atoms with Crippen molar-refractivity contribution in [2.45, 2.75) is 26.0 Å². The lowest BCUT2D eigenvalue weighted by molar-refractivity contribution is -0.394. The summed E-state index contributed by atoms with van der Waals surface area (Å²) in [7, 11) is 0. The van der Waals surface area contributed by atoms with Gasteiger partial charge in [0.15, 0.2) is 0 Å². The number of nitro groups is 1. The molecule has 0 amide bonds. The highest BCUT2D eigenvalue weighted by Crippen LogP contribution is 2.21. The third kappa shape index (κ3) is 2.11. The maximum Gasteiger partial charge on any atom is 0.494 e. The maximum atomic E-state index is 10.4. The van der Waals surface area contributed by atoms with Crippen molar-refractivity contribution in [3.05, 3.63) is 10.1 Å². The Hall–Kier alpha value is -1.70. The Bertz CT molecular complexity index is 368. The maximum absolute atomic E-state index is 10.4. The first kappa shape index (κ1) is 10.8.